The Kier molecular flexibility index (Phi) is 5.00. The Balaban J connectivity index is 2.59. The van der Waals surface area contributed by atoms with E-state index in [1.807, 2.05) is 0 Å². The van der Waals surface area contributed by atoms with Crippen LogP contribution in [0.15, 0.2) is 11.8 Å². The van der Waals surface area contributed by atoms with E-state index in [-0.39, 0.29) is 23.9 Å². The minimum Gasteiger partial charge on any atom is -0.381 e. The van der Waals surface area contributed by atoms with Crippen molar-refractivity contribution in [3.63, 3.8) is 0 Å². The molecular weight excluding hydrogens is 285 g/mol. The molecule has 0 heterocycles. The van der Waals surface area contributed by atoms with E-state index in [4.69, 9.17) is 0 Å². The summed E-state index contributed by atoms with van der Waals surface area (Å²) in [5, 5.41) is 0. The van der Waals surface area contributed by atoms with Crippen molar-refractivity contribution in [2.75, 3.05) is 0 Å². The van der Waals surface area contributed by atoms with Crippen molar-refractivity contribution in [2.24, 2.45) is 5.92 Å². The van der Waals surface area contributed by atoms with Gasteiger partial charge in [-0.3, -0.25) is 4.79 Å². The Morgan fingerprint density at radius 1 is 1.47 bits per heavy atom. The Morgan fingerprint density at radius 2 is 2.11 bits per heavy atom. The van der Waals surface area contributed by atoms with Crippen LogP contribution in [-0.4, -0.2) is 19.7 Å². The number of hydrogen-bond acceptors (Lipinski definition) is 4. The van der Waals surface area contributed by atoms with Crippen LogP contribution in [0.2, 0.25) is 0 Å². The summed E-state index contributed by atoms with van der Waals surface area (Å²) in [5.74, 6) is -0.0587. The van der Waals surface area contributed by atoms with Crippen LogP contribution in [0.1, 0.15) is 39.0 Å². The number of allylic oxidation sites excluding steroid dienone is 2. The summed E-state index contributed by atoms with van der Waals surface area (Å²) in [6.45, 7) is 1.74. The molecule has 0 aromatic heterocycles. The minimum atomic E-state index is -5.58. The number of alkyl halides is 3. The van der Waals surface area contributed by atoms with E-state index in [0.717, 1.165) is 0 Å². The maximum atomic E-state index is 12.1. The monoisotopic (exact) mass is 300 g/mol. The van der Waals surface area contributed by atoms with Crippen molar-refractivity contribution in [2.45, 2.75) is 44.5 Å². The largest absolute Gasteiger partial charge is 0.534 e. The van der Waals surface area contributed by atoms with E-state index >= 15 is 0 Å². The minimum absolute atomic E-state index is 0.0494. The van der Waals surface area contributed by atoms with Gasteiger partial charge in [0, 0.05) is 19.3 Å². The summed E-state index contributed by atoms with van der Waals surface area (Å²) < 4.78 is 61.9. The highest BCUT2D eigenvalue weighted by molar-refractivity contribution is 7.87. The number of halogens is 3. The second-order valence-corrected chi connectivity index (χ2v) is 5.93. The summed E-state index contributed by atoms with van der Waals surface area (Å²) >= 11 is 0. The Hall–Kier alpha value is -1.05. The highest BCUT2D eigenvalue weighted by atomic mass is 32.2. The highest BCUT2D eigenvalue weighted by Crippen LogP contribution is 2.32. The van der Waals surface area contributed by atoms with Crippen LogP contribution in [-0.2, 0) is 19.1 Å². The van der Waals surface area contributed by atoms with Gasteiger partial charge in [-0.05, 0) is 24.8 Å². The van der Waals surface area contributed by atoms with Crippen LogP contribution >= 0.6 is 0 Å². The molecular formula is C11H15F3O4S. The highest BCUT2D eigenvalue weighted by Gasteiger charge is 2.48. The number of carbonyl (C=O) groups is 1. The molecule has 1 unspecified atom stereocenters. The lowest BCUT2D eigenvalue weighted by Gasteiger charge is -2.21. The fourth-order valence-electron chi connectivity index (χ4n) is 1.78. The zero-order valence-electron chi connectivity index (χ0n) is 10.4. The van der Waals surface area contributed by atoms with Crippen LogP contribution in [0.3, 0.4) is 0 Å². The van der Waals surface area contributed by atoms with Crippen molar-refractivity contribution in [1.29, 1.82) is 0 Å². The zero-order valence-corrected chi connectivity index (χ0v) is 11.2. The molecule has 0 aromatic carbocycles. The molecule has 0 radical (unpaired) electrons. The molecule has 110 valence electrons. The topological polar surface area (TPSA) is 60.4 Å². The van der Waals surface area contributed by atoms with Crippen LogP contribution in [0.25, 0.3) is 0 Å². The smallest absolute Gasteiger partial charge is 0.381 e. The molecule has 1 aliphatic carbocycles. The van der Waals surface area contributed by atoms with Gasteiger partial charge in [0.2, 0.25) is 0 Å². The third-order valence-corrected chi connectivity index (χ3v) is 3.89. The first kappa shape index (κ1) is 16.0. The molecule has 8 heteroatoms. The van der Waals surface area contributed by atoms with E-state index < -0.39 is 15.6 Å². The molecule has 19 heavy (non-hydrogen) atoms. The first-order chi connectivity index (χ1) is 8.65. The van der Waals surface area contributed by atoms with Gasteiger partial charge >= 0.3 is 15.6 Å². The lowest BCUT2D eigenvalue weighted by molar-refractivity contribution is -0.119. The zero-order chi connectivity index (χ0) is 14.7. The van der Waals surface area contributed by atoms with Crippen molar-refractivity contribution >= 4 is 15.9 Å². The second-order valence-electron chi connectivity index (χ2n) is 4.39. The first-order valence-electron chi connectivity index (χ1n) is 5.87. The molecule has 1 atom stereocenters. The van der Waals surface area contributed by atoms with Gasteiger partial charge in [-0.2, -0.15) is 21.6 Å². The number of ketones is 1. The van der Waals surface area contributed by atoms with Gasteiger partial charge < -0.3 is 4.18 Å². The molecule has 0 aromatic rings. The molecule has 1 aliphatic rings. The number of rotatable bonds is 5. The van der Waals surface area contributed by atoms with Gasteiger partial charge in [-0.25, -0.2) is 0 Å². The predicted molar refractivity (Wildman–Crippen MR) is 61.4 cm³/mol. The van der Waals surface area contributed by atoms with Gasteiger partial charge in [0.05, 0.1) is 0 Å². The number of hydrogen-bond donors (Lipinski definition) is 0. The maximum absolute atomic E-state index is 12.1. The van der Waals surface area contributed by atoms with Crippen LogP contribution in [0.4, 0.5) is 13.2 Å². The number of carbonyl (C=O) groups excluding carboxylic acids is 1. The average Bonchev–Trinajstić information content (AvgIpc) is 2.29. The van der Waals surface area contributed by atoms with E-state index in [1.54, 1.807) is 6.92 Å². The summed E-state index contributed by atoms with van der Waals surface area (Å²) in [4.78, 5) is 11.2. The van der Waals surface area contributed by atoms with E-state index in [2.05, 4.69) is 4.18 Å². The first-order valence-corrected chi connectivity index (χ1v) is 7.28. The van der Waals surface area contributed by atoms with Crippen molar-refractivity contribution in [1.82, 2.24) is 0 Å². The number of Topliss-reactive ketones (excluding diaryl/α,β-unsaturated/α-hetero) is 1. The summed E-state index contributed by atoms with van der Waals surface area (Å²) in [6, 6.07) is 0. The maximum Gasteiger partial charge on any atom is 0.534 e. The molecule has 0 saturated heterocycles. The van der Waals surface area contributed by atoms with Crippen molar-refractivity contribution in [3.05, 3.63) is 11.8 Å². The summed E-state index contributed by atoms with van der Waals surface area (Å²) in [7, 11) is -5.58. The van der Waals surface area contributed by atoms with E-state index in [1.165, 1.54) is 6.08 Å². The molecule has 0 amide bonds. The molecule has 0 aliphatic heterocycles. The van der Waals surface area contributed by atoms with E-state index in [0.29, 0.717) is 25.7 Å². The van der Waals surface area contributed by atoms with Gasteiger partial charge in [-0.1, -0.05) is 6.92 Å². The molecule has 0 N–H and O–H groups in total. The van der Waals surface area contributed by atoms with Gasteiger partial charge in [-0.15, -0.1) is 0 Å². The lowest BCUT2D eigenvalue weighted by atomic mass is 9.89. The predicted octanol–water partition coefficient (Wildman–Crippen LogP) is 2.91. The molecule has 0 bridgehead atoms. The Bertz CT molecular complexity index is 465. The molecule has 0 fully saturated rings. The molecule has 1 rings (SSSR count). The van der Waals surface area contributed by atoms with Gasteiger partial charge in [0.25, 0.3) is 0 Å². The molecule has 0 saturated carbocycles. The normalized spacial score (nSPS) is 20.8. The van der Waals surface area contributed by atoms with Crippen LogP contribution < -0.4 is 0 Å². The Labute approximate surface area is 109 Å². The third-order valence-electron chi connectivity index (χ3n) is 2.89. The average molecular weight is 300 g/mol. The third kappa shape index (κ3) is 4.52. The van der Waals surface area contributed by atoms with Crippen LogP contribution in [0.5, 0.6) is 0 Å². The summed E-state index contributed by atoms with van der Waals surface area (Å²) in [5.41, 5.74) is -5.41. The quantitative estimate of drug-likeness (QED) is 0.578. The Morgan fingerprint density at radius 3 is 2.53 bits per heavy atom. The van der Waals surface area contributed by atoms with Crippen molar-refractivity contribution < 1.29 is 30.6 Å². The van der Waals surface area contributed by atoms with Crippen LogP contribution in [0, 0.1) is 5.92 Å². The summed E-state index contributed by atoms with van der Waals surface area (Å²) in [6.07, 6.45) is 3.01. The fraction of sp³-hybridized carbons (Fsp3) is 0.727. The van der Waals surface area contributed by atoms with Gasteiger partial charge in [0.15, 0.2) is 0 Å². The van der Waals surface area contributed by atoms with Gasteiger partial charge in [0.1, 0.15) is 11.5 Å². The lowest BCUT2D eigenvalue weighted by Crippen LogP contribution is -2.26. The van der Waals surface area contributed by atoms with E-state index in [9.17, 15) is 26.4 Å². The standard InChI is InChI=1S/C11H15F3O4S/c1-2-9(15)7-8-3-5-10(6-4-8)18-19(16,17)11(12,13)14/h5,8H,2-4,6-7H2,1H3. The SMILES string of the molecule is CCC(=O)CC1CC=C(OS(=O)(=O)C(F)(F)F)CC1. The fourth-order valence-corrected chi connectivity index (χ4v) is 2.31. The molecule has 4 nitrogen and oxygen atoms in total. The second kappa shape index (κ2) is 5.94. The van der Waals surface area contributed by atoms with Crippen molar-refractivity contribution in [3.8, 4) is 0 Å². The molecule has 0 spiro atoms.